The minimum absolute atomic E-state index is 0.128. The third-order valence-corrected chi connectivity index (χ3v) is 3.41. The van der Waals surface area contributed by atoms with Crippen molar-refractivity contribution in [3.05, 3.63) is 24.3 Å². The lowest BCUT2D eigenvalue weighted by molar-refractivity contribution is 0.223. The maximum atomic E-state index is 9.34. The molecule has 0 radical (unpaired) electrons. The zero-order chi connectivity index (χ0) is 13.8. The second-order valence-corrected chi connectivity index (χ2v) is 5.42. The van der Waals surface area contributed by atoms with Crippen LogP contribution in [-0.2, 0) is 0 Å². The Kier molecular flexibility index (Phi) is 4.66. The highest BCUT2D eigenvalue weighted by Crippen LogP contribution is 2.31. The standard InChI is InChI=1S/C15H24N2O2/c1-11(2)19-15-7-5-4-6-14(15)17-9-13(10-18)16-8-12(17)3/h4-7,11-13,16,18H,8-10H2,1-3H3. The van der Waals surface area contributed by atoms with Gasteiger partial charge in [-0.15, -0.1) is 0 Å². The molecular weight excluding hydrogens is 240 g/mol. The summed E-state index contributed by atoms with van der Waals surface area (Å²) in [5, 5.41) is 12.7. The maximum Gasteiger partial charge on any atom is 0.142 e. The lowest BCUT2D eigenvalue weighted by atomic mass is 10.1. The Labute approximate surface area is 115 Å². The van der Waals surface area contributed by atoms with E-state index in [2.05, 4.69) is 23.2 Å². The summed E-state index contributed by atoms with van der Waals surface area (Å²) in [5.74, 6) is 0.919. The minimum atomic E-state index is 0.128. The van der Waals surface area contributed by atoms with E-state index in [1.54, 1.807) is 0 Å². The number of aliphatic hydroxyl groups is 1. The maximum absolute atomic E-state index is 9.34. The van der Waals surface area contributed by atoms with Crippen LogP contribution in [0.5, 0.6) is 5.75 Å². The third kappa shape index (κ3) is 3.39. The van der Waals surface area contributed by atoms with E-state index in [0.29, 0.717) is 6.04 Å². The smallest absolute Gasteiger partial charge is 0.142 e. The van der Waals surface area contributed by atoms with E-state index < -0.39 is 0 Å². The summed E-state index contributed by atoms with van der Waals surface area (Å²) in [4.78, 5) is 2.31. The fourth-order valence-corrected chi connectivity index (χ4v) is 2.44. The molecule has 1 aliphatic heterocycles. The summed E-state index contributed by atoms with van der Waals surface area (Å²) < 4.78 is 5.89. The van der Waals surface area contributed by atoms with E-state index in [0.717, 1.165) is 24.5 Å². The minimum Gasteiger partial charge on any atom is -0.489 e. The zero-order valence-corrected chi connectivity index (χ0v) is 12.0. The van der Waals surface area contributed by atoms with Crippen LogP contribution in [0.4, 0.5) is 5.69 Å². The number of aliphatic hydroxyl groups excluding tert-OH is 1. The van der Waals surface area contributed by atoms with Crippen LogP contribution in [0.25, 0.3) is 0 Å². The summed E-state index contributed by atoms with van der Waals surface area (Å²) in [5.41, 5.74) is 1.11. The SMILES string of the molecule is CC(C)Oc1ccccc1N1CC(CO)NCC1C. The topological polar surface area (TPSA) is 44.7 Å². The molecule has 0 bridgehead atoms. The number of hydrogen-bond acceptors (Lipinski definition) is 4. The lowest BCUT2D eigenvalue weighted by Crippen LogP contribution is -2.57. The molecule has 1 saturated heterocycles. The first-order chi connectivity index (χ1) is 9.11. The molecule has 1 aromatic carbocycles. The van der Waals surface area contributed by atoms with E-state index in [1.165, 1.54) is 0 Å². The van der Waals surface area contributed by atoms with Crippen molar-refractivity contribution in [2.45, 2.75) is 39.0 Å². The monoisotopic (exact) mass is 264 g/mol. The fraction of sp³-hybridized carbons (Fsp3) is 0.600. The summed E-state index contributed by atoms with van der Waals surface area (Å²) in [6.45, 7) is 8.10. The van der Waals surface area contributed by atoms with Gasteiger partial charge in [0.1, 0.15) is 5.75 Å². The van der Waals surface area contributed by atoms with Crippen molar-refractivity contribution in [1.29, 1.82) is 0 Å². The average molecular weight is 264 g/mol. The molecule has 1 aliphatic rings. The number of nitrogens with zero attached hydrogens (tertiary/aromatic N) is 1. The molecule has 2 atom stereocenters. The lowest BCUT2D eigenvalue weighted by Gasteiger charge is -2.40. The number of anilines is 1. The quantitative estimate of drug-likeness (QED) is 0.867. The second-order valence-electron chi connectivity index (χ2n) is 5.42. The Morgan fingerprint density at radius 3 is 2.84 bits per heavy atom. The molecule has 2 rings (SSSR count). The molecule has 0 amide bonds. The van der Waals surface area contributed by atoms with E-state index in [1.807, 2.05) is 32.0 Å². The van der Waals surface area contributed by atoms with Crippen LogP contribution in [0.2, 0.25) is 0 Å². The normalized spacial score (nSPS) is 23.7. The number of ether oxygens (including phenoxy) is 1. The molecule has 19 heavy (non-hydrogen) atoms. The highest BCUT2D eigenvalue weighted by Gasteiger charge is 2.26. The van der Waals surface area contributed by atoms with Crippen molar-refractivity contribution in [3.8, 4) is 5.75 Å². The molecule has 0 saturated carbocycles. The highest BCUT2D eigenvalue weighted by atomic mass is 16.5. The van der Waals surface area contributed by atoms with Crippen molar-refractivity contribution in [3.63, 3.8) is 0 Å². The second kappa shape index (κ2) is 6.26. The van der Waals surface area contributed by atoms with Crippen molar-refractivity contribution in [1.82, 2.24) is 5.32 Å². The molecule has 1 heterocycles. The van der Waals surface area contributed by atoms with Gasteiger partial charge in [0.05, 0.1) is 18.4 Å². The van der Waals surface area contributed by atoms with Gasteiger partial charge in [0.25, 0.3) is 0 Å². The fourth-order valence-electron chi connectivity index (χ4n) is 2.44. The van der Waals surface area contributed by atoms with Crippen LogP contribution < -0.4 is 15.0 Å². The van der Waals surface area contributed by atoms with Gasteiger partial charge in [0.15, 0.2) is 0 Å². The predicted octanol–water partition coefficient (Wildman–Crippen LogP) is 1.63. The highest BCUT2D eigenvalue weighted by molar-refractivity contribution is 5.59. The van der Waals surface area contributed by atoms with Crippen molar-refractivity contribution >= 4 is 5.69 Å². The number of rotatable bonds is 4. The van der Waals surface area contributed by atoms with E-state index in [4.69, 9.17) is 4.74 Å². The first kappa shape index (κ1) is 14.2. The summed E-state index contributed by atoms with van der Waals surface area (Å²) in [7, 11) is 0. The van der Waals surface area contributed by atoms with Gasteiger partial charge in [0, 0.05) is 25.2 Å². The van der Waals surface area contributed by atoms with Crippen LogP contribution in [0, 0.1) is 0 Å². The van der Waals surface area contributed by atoms with Gasteiger partial charge in [0.2, 0.25) is 0 Å². The van der Waals surface area contributed by atoms with E-state index >= 15 is 0 Å². The first-order valence-electron chi connectivity index (χ1n) is 6.98. The van der Waals surface area contributed by atoms with Gasteiger partial charge < -0.3 is 20.1 Å². The van der Waals surface area contributed by atoms with Gasteiger partial charge in [-0.25, -0.2) is 0 Å². The van der Waals surface area contributed by atoms with Crippen LogP contribution in [0.3, 0.4) is 0 Å². The third-order valence-electron chi connectivity index (χ3n) is 3.41. The number of piperazine rings is 1. The summed E-state index contributed by atoms with van der Waals surface area (Å²) in [6.07, 6.45) is 0.160. The Morgan fingerprint density at radius 1 is 1.42 bits per heavy atom. The summed E-state index contributed by atoms with van der Waals surface area (Å²) >= 11 is 0. The molecule has 1 aromatic rings. The molecule has 106 valence electrons. The predicted molar refractivity (Wildman–Crippen MR) is 77.9 cm³/mol. The van der Waals surface area contributed by atoms with Gasteiger partial charge in [-0.3, -0.25) is 0 Å². The average Bonchev–Trinajstić information content (AvgIpc) is 2.40. The molecule has 2 N–H and O–H groups in total. The number of hydrogen-bond donors (Lipinski definition) is 2. The Morgan fingerprint density at radius 2 is 2.16 bits per heavy atom. The number of nitrogens with one attached hydrogen (secondary N) is 1. The Bertz CT molecular complexity index is 409. The van der Waals surface area contributed by atoms with Crippen LogP contribution in [-0.4, -0.2) is 43.0 Å². The summed E-state index contributed by atoms with van der Waals surface area (Å²) in [6, 6.07) is 8.65. The van der Waals surface area contributed by atoms with Crippen molar-refractivity contribution in [2.75, 3.05) is 24.6 Å². The van der Waals surface area contributed by atoms with Crippen molar-refractivity contribution < 1.29 is 9.84 Å². The van der Waals surface area contributed by atoms with Gasteiger partial charge in [-0.1, -0.05) is 12.1 Å². The Hall–Kier alpha value is -1.26. The Balaban J connectivity index is 2.23. The van der Waals surface area contributed by atoms with E-state index in [-0.39, 0.29) is 18.8 Å². The van der Waals surface area contributed by atoms with Gasteiger partial charge >= 0.3 is 0 Å². The first-order valence-corrected chi connectivity index (χ1v) is 6.98. The molecule has 2 unspecified atom stereocenters. The number of benzene rings is 1. The molecule has 0 aliphatic carbocycles. The molecule has 0 spiro atoms. The largest absolute Gasteiger partial charge is 0.489 e. The molecule has 1 fully saturated rings. The van der Waals surface area contributed by atoms with Crippen molar-refractivity contribution in [2.24, 2.45) is 0 Å². The molecule has 0 aromatic heterocycles. The van der Waals surface area contributed by atoms with Crippen LogP contribution >= 0.6 is 0 Å². The number of para-hydroxylation sites is 2. The van der Waals surface area contributed by atoms with Crippen LogP contribution in [0.1, 0.15) is 20.8 Å². The van der Waals surface area contributed by atoms with Gasteiger partial charge in [-0.05, 0) is 32.9 Å². The molecular formula is C15H24N2O2. The van der Waals surface area contributed by atoms with Crippen LogP contribution in [0.15, 0.2) is 24.3 Å². The van der Waals surface area contributed by atoms with Gasteiger partial charge in [-0.2, -0.15) is 0 Å². The zero-order valence-electron chi connectivity index (χ0n) is 12.0. The van der Waals surface area contributed by atoms with E-state index in [9.17, 15) is 5.11 Å². The molecule has 4 heteroatoms. The molecule has 4 nitrogen and oxygen atoms in total.